The van der Waals surface area contributed by atoms with E-state index in [4.69, 9.17) is 4.74 Å². The Labute approximate surface area is 108 Å². The maximum Gasteiger partial charge on any atom is 0.224 e. The van der Waals surface area contributed by atoms with E-state index in [2.05, 4.69) is 10.6 Å². The minimum Gasteiger partial charge on any atom is -0.489 e. The molecule has 1 heterocycles. The summed E-state index contributed by atoms with van der Waals surface area (Å²) in [7, 11) is 0. The van der Waals surface area contributed by atoms with E-state index in [0.717, 1.165) is 24.5 Å². The van der Waals surface area contributed by atoms with Gasteiger partial charge in [0.1, 0.15) is 5.75 Å². The first-order valence-electron chi connectivity index (χ1n) is 6.41. The second-order valence-corrected chi connectivity index (χ2v) is 4.94. The minimum absolute atomic E-state index is 0.0568. The van der Waals surface area contributed by atoms with Gasteiger partial charge in [-0.25, -0.2) is 0 Å². The molecule has 1 aromatic rings. The van der Waals surface area contributed by atoms with Crippen LogP contribution in [0.2, 0.25) is 0 Å². The molecule has 4 nitrogen and oxygen atoms in total. The molecule has 2 N–H and O–H groups in total. The minimum atomic E-state index is 0.0568. The number of carbonyl (C=O) groups is 1. The van der Waals surface area contributed by atoms with Crippen LogP contribution in [0.25, 0.3) is 0 Å². The lowest BCUT2D eigenvalue weighted by atomic mass is 9.99. The SMILES string of the molecule is CC(C)Oc1ccccc1NC(=O)CC1CNC1. The summed E-state index contributed by atoms with van der Waals surface area (Å²) in [6, 6.07) is 7.55. The molecule has 98 valence electrons. The van der Waals surface area contributed by atoms with Crippen molar-refractivity contribution in [3.63, 3.8) is 0 Å². The zero-order chi connectivity index (χ0) is 13.0. The summed E-state index contributed by atoms with van der Waals surface area (Å²) < 4.78 is 5.66. The molecule has 0 unspecified atom stereocenters. The lowest BCUT2D eigenvalue weighted by Gasteiger charge is -2.26. The van der Waals surface area contributed by atoms with Crippen molar-refractivity contribution in [2.45, 2.75) is 26.4 Å². The fraction of sp³-hybridized carbons (Fsp3) is 0.500. The molecular weight excluding hydrogens is 228 g/mol. The van der Waals surface area contributed by atoms with Gasteiger partial charge in [0.2, 0.25) is 5.91 Å². The van der Waals surface area contributed by atoms with Crippen LogP contribution < -0.4 is 15.4 Å². The van der Waals surface area contributed by atoms with Gasteiger partial charge in [-0.1, -0.05) is 12.1 Å². The average Bonchev–Trinajstić information content (AvgIpc) is 2.26. The molecule has 0 aliphatic carbocycles. The quantitative estimate of drug-likeness (QED) is 0.838. The van der Waals surface area contributed by atoms with Gasteiger partial charge in [0, 0.05) is 6.42 Å². The van der Waals surface area contributed by atoms with Gasteiger partial charge in [0.25, 0.3) is 0 Å². The van der Waals surface area contributed by atoms with E-state index in [-0.39, 0.29) is 12.0 Å². The highest BCUT2D eigenvalue weighted by Crippen LogP contribution is 2.25. The number of para-hydroxylation sites is 2. The molecule has 0 saturated carbocycles. The second-order valence-electron chi connectivity index (χ2n) is 4.94. The largest absolute Gasteiger partial charge is 0.489 e. The average molecular weight is 248 g/mol. The van der Waals surface area contributed by atoms with Crippen molar-refractivity contribution in [2.24, 2.45) is 5.92 Å². The Bertz CT molecular complexity index is 414. The Morgan fingerprint density at radius 1 is 1.44 bits per heavy atom. The van der Waals surface area contributed by atoms with Crippen LogP contribution in [0.3, 0.4) is 0 Å². The van der Waals surface area contributed by atoms with Crippen molar-refractivity contribution >= 4 is 11.6 Å². The molecule has 2 rings (SSSR count). The van der Waals surface area contributed by atoms with Crippen LogP contribution >= 0.6 is 0 Å². The number of anilines is 1. The van der Waals surface area contributed by atoms with Gasteiger partial charge >= 0.3 is 0 Å². The standard InChI is InChI=1S/C14H20N2O2/c1-10(2)18-13-6-4-3-5-12(13)16-14(17)7-11-8-15-9-11/h3-6,10-11,15H,7-9H2,1-2H3,(H,16,17). The van der Waals surface area contributed by atoms with E-state index in [9.17, 15) is 4.79 Å². The summed E-state index contributed by atoms with van der Waals surface area (Å²) in [6.07, 6.45) is 0.669. The van der Waals surface area contributed by atoms with Gasteiger partial charge in [0.05, 0.1) is 11.8 Å². The maximum absolute atomic E-state index is 11.9. The zero-order valence-corrected chi connectivity index (χ0v) is 10.9. The van der Waals surface area contributed by atoms with E-state index >= 15 is 0 Å². The van der Waals surface area contributed by atoms with Gasteiger partial charge < -0.3 is 15.4 Å². The molecule has 0 radical (unpaired) electrons. The summed E-state index contributed by atoms with van der Waals surface area (Å²) in [4.78, 5) is 11.9. The zero-order valence-electron chi connectivity index (χ0n) is 10.9. The second kappa shape index (κ2) is 5.87. The lowest BCUT2D eigenvalue weighted by molar-refractivity contribution is -0.117. The third-order valence-corrected chi connectivity index (χ3v) is 2.86. The first-order chi connectivity index (χ1) is 8.65. The highest BCUT2D eigenvalue weighted by atomic mass is 16.5. The van der Waals surface area contributed by atoms with Crippen LogP contribution in [0.1, 0.15) is 20.3 Å². The molecule has 1 aliphatic heterocycles. The predicted octanol–water partition coefficient (Wildman–Crippen LogP) is 2.02. The molecule has 1 aliphatic rings. The number of hydrogen-bond acceptors (Lipinski definition) is 3. The topological polar surface area (TPSA) is 50.4 Å². The fourth-order valence-corrected chi connectivity index (χ4v) is 1.88. The lowest BCUT2D eigenvalue weighted by Crippen LogP contribution is -2.43. The van der Waals surface area contributed by atoms with Gasteiger partial charge in [0.15, 0.2) is 0 Å². The number of carbonyl (C=O) groups excluding carboxylic acids is 1. The molecule has 0 spiro atoms. The Morgan fingerprint density at radius 3 is 2.78 bits per heavy atom. The smallest absolute Gasteiger partial charge is 0.224 e. The molecule has 1 amide bonds. The monoisotopic (exact) mass is 248 g/mol. The highest BCUT2D eigenvalue weighted by Gasteiger charge is 2.20. The van der Waals surface area contributed by atoms with Crippen LogP contribution in [-0.2, 0) is 4.79 Å². The summed E-state index contributed by atoms with van der Waals surface area (Å²) in [6.45, 7) is 5.83. The normalized spacial score (nSPS) is 15.3. The Morgan fingerprint density at radius 2 is 2.17 bits per heavy atom. The van der Waals surface area contributed by atoms with Crippen LogP contribution in [0, 0.1) is 5.92 Å². The number of ether oxygens (including phenoxy) is 1. The van der Waals surface area contributed by atoms with E-state index in [1.54, 1.807) is 0 Å². The van der Waals surface area contributed by atoms with Gasteiger partial charge in [-0.3, -0.25) is 4.79 Å². The first kappa shape index (κ1) is 12.9. The van der Waals surface area contributed by atoms with Gasteiger partial charge in [-0.15, -0.1) is 0 Å². The van der Waals surface area contributed by atoms with E-state index < -0.39 is 0 Å². The fourth-order valence-electron chi connectivity index (χ4n) is 1.88. The van der Waals surface area contributed by atoms with Gasteiger partial charge in [-0.05, 0) is 45.0 Å². The summed E-state index contributed by atoms with van der Waals surface area (Å²) in [5.41, 5.74) is 0.753. The number of nitrogens with one attached hydrogen (secondary N) is 2. The first-order valence-corrected chi connectivity index (χ1v) is 6.41. The molecule has 1 saturated heterocycles. The van der Waals surface area contributed by atoms with Crippen molar-refractivity contribution in [3.8, 4) is 5.75 Å². The van der Waals surface area contributed by atoms with Crippen LogP contribution in [0.5, 0.6) is 5.75 Å². The molecule has 1 aromatic carbocycles. The molecule has 18 heavy (non-hydrogen) atoms. The van der Waals surface area contributed by atoms with Gasteiger partial charge in [-0.2, -0.15) is 0 Å². The third kappa shape index (κ3) is 3.47. The van der Waals surface area contributed by atoms with Crippen molar-refractivity contribution in [1.82, 2.24) is 5.32 Å². The Hall–Kier alpha value is -1.55. The third-order valence-electron chi connectivity index (χ3n) is 2.86. The number of benzene rings is 1. The molecule has 4 heteroatoms. The summed E-state index contributed by atoms with van der Waals surface area (Å²) >= 11 is 0. The Balaban J connectivity index is 1.96. The maximum atomic E-state index is 11.9. The molecule has 0 atom stereocenters. The van der Waals surface area contributed by atoms with Crippen molar-refractivity contribution in [1.29, 1.82) is 0 Å². The van der Waals surface area contributed by atoms with Crippen LogP contribution in [0.15, 0.2) is 24.3 Å². The number of rotatable bonds is 5. The van der Waals surface area contributed by atoms with Crippen LogP contribution in [0.4, 0.5) is 5.69 Å². The molecule has 1 fully saturated rings. The number of hydrogen-bond donors (Lipinski definition) is 2. The molecular formula is C14H20N2O2. The van der Waals surface area contributed by atoms with E-state index in [0.29, 0.717) is 12.3 Å². The van der Waals surface area contributed by atoms with Crippen molar-refractivity contribution in [3.05, 3.63) is 24.3 Å². The predicted molar refractivity (Wildman–Crippen MR) is 71.8 cm³/mol. The van der Waals surface area contributed by atoms with E-state index in [1.165, 1.54) is 0 Å². The van der Waals surface area contributed by atoms with E-state index in [1.807, 2.05) is 38.1 Å². The van der Waals surface area contributed by atoms with Crippen molar-refractivity contribution < 1.29 is 9.53 Å². The molecule has 0 aromatic heterocycles. The Kier molecular flexibility index (Phi) is 4.20. The summed E-state index contributed by atoms with van der Waals surface area (Å²) in [5.74, 6) is 1.26. The highest BCUT2D eigenvalue weighted by molar-refractivity contribution is 5.92. The molecule has 0 bridgehead atoms. The van der Waals surface area contributed by atoms with Crippen molar-refractivity contribution in [2.75, 3.05) is 18.4 Å². The van der Waals surface area contributed by atoms with Crippen LogP contribution in [-0.4, -0.2) is 25.1 Å². The number of amides is 1. The summed E-state index contributed by atoms with van der Waals surface area (Å²) in [5, 5.41) is 6.09.